The van der Waals surface area contributed by atoms with E-state index in [9.17, 15) is 9.18 Å². The number of halogens is 2. The molecule has 0 fully saturated rings. The van der Waals surface area contributed by atoms with Gasteiger partial charge in [0.05, 0.1) is 11.7 Å². The fraction of sp³-hybridized carbons (Fsp3) is 0.222. The Balaban J connectivity index is 2.82. The third-order valence-electron chi connectivity index (χ3n) is 1.60. The summed E-state index contributed by atoms with van der Waals surface area (Å²) < 4.78 is 13.2. The molecule has 3 N–H and O–H groups in total. The average Bonchev–Trinajstić information content (AvgIpc) is 2.09. The third kappa shape index (κ3) is 2.78. The maximum Gasteiger partial charge on any atom is 0.241 e. The number of carbonyl (C=O) groups is 1. The molecule has 76 valence electrons. The molecule has 1 amide bonds. The maximum atomic E-state index is 12.7. The zero-order valence-electron chi connectivity index (χ0n) is 7.55. The van der Waals surface area contributed by atoms with Crippen molar-refractivity contribution < 1.29 is 9.18 Å². The van der Waals surface area contributed by atoms with E-state index in [0.717, 1.165) is 0 Å². The van der Waals surface area contributed by atoms with E-state index in [1.165, 1.54) is 18.2 Å². The van der Waals surface area contributed by atoms with Crippen molar-refractivity contribution in [1.29, 1.82) is 0 Å². The number of hydrogen-bond donors (Lipinski definition) is 2. The van der Waals surface area contributed by atoms with Crippen LogP contribution in [0.4, 0.5) is 10.1 Å². The summed E-state index contributed by atoms with van der Waals surface area (Å²) in [5.41, 5.74) is 5.87. The predicted molar refractivity (Wildman–Crippen MR) is 56.4 cm³/mol. The van der Waals surface area contributed by atoms with Crippen molar-refractivity contribution in [2.45, 2.75) is 13.0 Å². The first-order chi connectivity index (χ1) is 6.50. The Morgan fingerprint density at radius 3 is 2.79 bits per heavy atom. The van der Waals surface area contributed by atoms with Crippen LogP contribution < -0.4 is 11.1 Å². The Morgan fingerprint density at radius 1 is 1.64 bits per heavy atom. The van der Waals surface area contributed by atoms with Gasteiger partial charge in [-0.3, -0.25) is 4.79 Å². The minimum atomic E-state index is -0.591. The summed E-state index contributed by atoms with van der Waals surface area (Å²) in [5, 5.41) is 2.56. The standard InChI is InChI=1S/C9H10BrFN2O/c1-5(12)9(14)13-8-3-2-6(11)4-7(8)10/h2-5H,12H2,1H3,(H,13,14)/t5-/m1/s1. The van der Waals surface area contributed by atoms with Crippen LogP contribution in [0.15, 0.2) is 22.7 Å². The van der Waals surface area contributed by atoms with Gasteiger partial charge in [0.25, 0.3) is 0 Å². The van der Waals surface area contributed by atoms with Crippen LogP contribution in [0, 0.1) is 5.82 Å². The Morgan fingerprint density at radius 2 is 2.29 bits per heavy atom. The number of anilines is 1. The minimum Gasteiger partial charge on any atom is -0.324 e. The van der Waals surface area contributed by atoms with Gasteiger partial charge in [-0.1, -0.05) is 0 Å². The number of nitrogens with one attached hydrogen (secondary N) is 1. The lowest BCUT2D eigenvalue weighted by atomic mass is 10.3. The molecule has 1 atom stereocenters. The molecule has 0 aliphatic carbocycles. The summed E-state index contributed by atoms with van der Waals surface area (Å²) in [6.45, 7) is 1.58. The molecule has 1 aromatic carbocycles. The molecular weight excluding hydrogens is 251 g/mol. The van der Waals surface area contributed by atoms with Gasteiger partial charge < -0.3 is 11.1 Å². The first-order valence-corrected chi connectivity index (χ1v) is 4.81. The first-order valence-electron chi connectivity index (χ1n) is 4.02. The zero-order valence-corrected chi connectivity index (χ0v) is 9.14. The molecule has 0 heterocycles. The molecule has 14 heavy (non-hydrogen) atoms. The summed E-state index contributed by atoms with van der Waals surface area (Å²) in [7, 11) is 0. The van der Waals surface area contributed by atoms with Crippen molar-refractivity contribution >= 4 is 27.5 Å². The van der Waals surface area contributed by atoms with E-state index in [1.54, 1.807) is 6.92 Å². The molecule has 1 aromatic rings. The Kier molecular flexibility index (Phi) is 3.60. The molecule has 3 nitrogen and oxygen atoms in total. The molecule has 0 spiro atoms. The Labute approximate surface area is 89.6 Å². The highest BCUT2D eigenvalue weighted by molar-refractivity contribution is 9.10. The highest BCUT2D eigenvalue weighted by atomic mass is 79.9. The molecule has 0 radical (unpaired) electrons. The topological polar surface area (TPSA) is 55.1 Å². The summed E-state index contributed by atoms with van der Waals surface area (Å²) in [5.74, 6) is -0.673. The van der Waals surface area contributed by atoms with E-state index >= 15 is 0 Å². The molecule has 0 bridgehead atoms. The average molecular weight is 261 g/mol. The summed E-state index contributed by atoms with van der Waals surface area (Å²) in [4.78, 5) is 11.2. The fourth-order valence-corrected chi connectivity index (χ4v) is 1.29. The van der Waals surface area contributed by atoms with E-state index in [2.05, 4.69) is 21.2 Å². The molecule has 0 aliphatic rings. The van der Waals surface area contributed by atoms with E-state index in [0.29, 0.717) is 10.2 Å². The van der Waals surface area contributed by atoms with Crippen LogP contribution in [0.2, 0.25) is 0 Å². The van der Waals surface area contributed by atoms with E-state index in [1.807, 2.05) is 0 Å². The molecule has 0 saturated heterocycles. The first kappa shape index (κ1) is 11.1. The van der Waals surface area contributed by atoms with E-state index in [-0.39, 0.29) is 11.7 Å². The second-order valence-corrected chi connectivity index (χ2v) is 3.76. The lowest BCUT2D eigenvalue weighted by Gasteiger charge is -2.09. The second-order valence-electron chi connectivity index (χ2n) is 2.90. The molecule has 0 aromatic heterocycles. The van der Waals surface area contributed by atoms with Crippen molar-refractivity contribution in [3.8, 4) is 0 Å². The van der Waals surface area contributed by atoms with Crippen LogP contribution in [0.25, 0.3) is 0 Å². The number of benzene rings is 1. The van der Waals surface area contributed by atoms with Gasteiger partial charge in [0.2, 0.25) is 5.91 Å². The van der Waals surface area contributed by atoms with Crippen LogP contribution in [0.3, 0.4) is 0 Å². The van der Waals surface area contributed by atoms with Crippen molar-refractivity contribution in [2.24, 2.45) is 5.73 Å². The highest BCUT2D eigenvalue weighted by Gasteiger charge is 2.09. The Bertz CT molecular complexity index is 355. The van der Waals surface area contributed by atoms with Gasteiger partial charge >= 0.3 is 0 Å². The minimum absolute atomic E-state index is 0.308. The van der Waals surface area contributed by atoms with Gasteiger partial charge in [-0.05, 0) is 41.1 Å². The van der Waals surface area contributed by atoms with Gasteiger partial charge in [-0.25, -0.2) is 4.39 Å². The van der Waals surface area contributed by atoms with Crippen LogP contribution in [-0.2, 0) is 4.79 Å². The van der Waals surface area contributed by atoms with Gasteiger partial charge in [-0.15, -0.1) is 0 Å². The lowest BCUT2D eigenvalue weighted by Crippen LogP contribution is -2.32. The van der Waals surface area contributed by atoms with Crippen molar-refractivity contribution in [3.05, 3.63) is 28.5 Å². The van der Waals surface area contributed by atoms with Gasteiger partial charge in [0.1, 0.15) is 5.82 Å². The van der Waals surface area contributed by atoms with Crippen LogP contribution in [0.5, 0.6) is 0 Å². The fourth-order valence-electron chi connectivity index (χ4n) is 0.837. The normalized spacial score (nSPS) is 12.3. The van der Waals surface area contributed by atoms with Gasteiger partial charge in [0, 0.05) is 4.47 Å². The quantitative estimate of drug-likeness (QED) is 0.853. The van der Waals surface area contributed by atoms with E-state index in [4.69, 9.17) is 5.73 Å². The molecule has 1 rings (SSSR count). The molecule has 5 heteroatoms. The van der Waals surface area contributed by atoms with Gasteiger partial charge in [-0.2, -0.15) is 0 Å². The summed E-state index contributed by atoms with van der Waals surface area (Å²) >= 11 is 3.13. The van der Waals surface area contributed by atoms with Crippen molar-refractivity contribution in [1.82, 2.24) is 0 Å². The smallest absolute Gasteiger partial charge is 0.241 e. The number of nitrogens with two attached hydrogens (primary N) is 1. The number of carbonyl (C=O) groups excluding carboxylic acids is 1. The third-order valence-corrected chi connectivity index (χ3v) is 2.26. The number of rotatable bonds is 2. The van der Waals surface area contributed by atoms with Gasteiger partial charge in [0.15, 0.2) is 0 Å². The SMILES string of the molecule is C[C@@H](N)C(=O)Nc1ccc(F)cc1Br. The number of amides is 1. The van der Waals surface area contributed by atoms with Crippen LogP contribution in [-0.4, -0.2) is 11.9 Å². The number of hydrogen-bond acceptors (Lipinski definition) is 2. The molecule has 0 saturated carbocycles. The zero-order chi connectivity index (χ0) is 10.7. The monoisotopic (exact) mass is 260 g/mol. The lowest BCUT2D eigenvalue weighted by molar-refractivity contribution is -0.117. The second kappa shape index (κ2) is 4.52. The molecular formula is C9H10BrFN2O. The van der Waals surface area contributed by atoms with Crippen LogP contribution in [0.1, 0.15) is 6.92 Å². The van der Waals surface area contributed by atoms with Crippen LogP contribution >= 0.6 is 15.9 Å². The summed E-state index contributed by atoms with van der Waals surface area (Å²) in [6.07, 6.45) is 0. The van der Waals surface area contributed by atoms with Crippen molar-refractivity contribution in [3.63, 3.8) is 0 Å². The largest absolute Gasteiger partial charge is 0.324 e. The predicted octanol–water partition coefficient (Wildman–Crippen LogP) is 1.87. The van der Waals surface area contributed by atoms with E-state index < -0.39 is 6.04 Å². The van der Waals surface area contributed by atoms with Crippen molar-refractivity contribution in [2.75, 3.05) is 5.32 Å². The summed E-state index contributed by atoms with van der Waals surface area (Å²) in [6, 6.07) is 3.42. The highest BCUT2D eigenvalue weighted by Crippen LogP contribution is 2.22. The Hall–Kier alpha value is -0.940. The molecule has 0 aliphatic heterocycles. The molecule has 0 unspecified atom stereocenters. The maximum absolute atomic E-state index is 12.7.